The van der Waals surface area contributed by atoms with Gasteiger partial charge in [0.15, 0.2) is 0 Å². The van der Waals surface area contributed by atoms with E-state index in [1.54, 1.807) is 4.90 Å². The van der Waals surface area contributed by atoms with Gasteiger partial charge in [0.05, 0.1) is 13.2 Å². The summed E-state index contributed by atoms with van der Waals surface area (Å²) in [6, 6.07) is 7.32. The predicted molar refractivity (Wildman–Crippen MR) is 80.3 cm³/mol. The first-order valence-corrected chi connectivity index (χ1v) is 7.15. The Bertz CT molecular complexity index is 468. The molecule has 0 atom stereocenters. The molecule has 0 aliphatic carbocycles. The second-order valence-electron chi connectivity index (χ2n) is 4.92. The molecule has 1 aromatic carbocycles. The number of hydrogen-bond acceptors (Lipinski definition) is 4. The number of anilines is 1. The summed E-state index contributed by atoms with van der Waals surface area (Å²) in [4.78, 5) is 26.4. The third-order valence-electron chi connectivity index (χ3n) is 3.37. The van der Waals surface area contributed by atoms with Crippen LogP contribution in [0.15, 0.2) is 24.3 Å². The molecule has 0 aromatic heterocycles. The van der Waals surface area contributed by atoms with Crippen LogP contribution in [0.3, 0.4) is 0 Å². The highest BCUT2D eigenvalue weighted by atomic mass is 16.5. The van der Waals surface area contributed by atoms with Gasteiger partial charge in [0.2, 0.25) is 12.3 Å². The highest BCUT2D eigenvalue weighted by Crippen LogP contribution is 2.15. The average molecular weight is 291 g/mol. The Kier molecular flexibility index (Phi) is 5.57. The zero-order valence-electron chi connectivity index (χ0n) is 12.2. The minimum atomic E-state index is -0.0429. The van der Waals surface area contributed by atoms with Crippen LogP contribution in [0.5, 0.6) is 5.75 Å². The van der Waals surface area contributed by atoms with Gasteiger partial charge < -0.3 is 15.0 Å². The van der Waals surface area contributed by atoms with Crippen molar-refractivity contribution in [1.29, 1.82) is 0 Å². The van der Waals surface area contributed by atoms with Crippen molar-refractivity contribution in [3.63, 3.8) is 0 Å². The van der Waals surface area contributed by atoms with Crippen LogP contribution in [0.1, 0.15) is 6.92 Å². The molecule has 1 saturated heterocycles. The van der Waals surface area contributed by atoms with Gasteiger partial charge in [-0.05, 0) is 31.2 Å². The SMILES string of the molecule is CCOc1ccc(NC(=O)CN2CCN(C=O)CC2)cc1. The molecule has 6 heteroatoms. The van der Waals surface area contributed by atoms with E-state index < -0.39 is 0 Å². The maximum absolute atomic E-state index is 12.0. The predicted octanol–water partition coefficient (Wildman–Crippen LogP) is 0.798. The Morgan fingerprint density at radius 2 is 1.90 bits per heavy atom. The van der Waals surface area contributed by atoms with Gasteiger partial charge in [0.25, 0.3) is 0 Å². The molecular weight excluding hydrogens is 270 g/mol. The first-order valence-electron chi connectivity index (χ1n) is 7.15. The van der Waals surface area contributed by atoms with E-state index in [2.05, 4.69) is 5.32 Å². The lowest BCUT2D eigenvalue weighted by Crippen LogP contribution is -2.48. The highest BCUT2D eigenvalue weighted by Gasteiger charge is 2.17. The van der Waals surface area contributed by atoms with Gasteiger partial charge in [-0.15, -0.1) is 0 Å². The molecular formula is C15H21N3O3. The Morgan fingerprint density at radius 3 is 2.48 bits per heavy atom. The number of carbonyl (C=O) groups excluding carboxylic acids is 2. The van der Waals surface area contributed by atoms with E-state index in [1.165, 1.54) is 0 Å². The largest absolute Gasteiger partial charge is 0.494 e. The summed E-state index contributed by atoms with van der Waals surface area (Å²) in [7, 11) is 0. The maximum Gasteiger partial charge on any atom is 0.238 e. The third-order valence-corrected chi connectivity index (χ3v) is 3.37. The molecule has 1 aliphatic heterocycles. The number of benzene rings is 1. The topological polar surface area (TPSA) is 61.9 Å². The van der Waals surface area contributed by atoms with E-state index in [1.807, 2.05) is 36.1 Å². The van der Waals surface area contributed by atoms with Crippen molar-refractivity contribution in [2.24, 2.45) is 0 Å². The van der Waals surface area contributed by atoms with Gasteiger partial charge in [-0.25, -0.2) is 0 Å². The zero-order chi connectivity index (χ0) is 15.1. The van der Waals surface area contributed by atoms with Crippen LogP contribution in [0.4, 0.5) is 5.69 Å². The van der Waals surface area contributed by atoms with Crippen LogP contribution in [-0.2, 0) is 9.59 Å². The zero-order valence-corrected chi connectivity index (χ0v) is 12.2. The van der Waals surface area contributed by atoms with Crippen molar-refractivity contribution in [1.82, 2.24) is 9.80 Å². The van der Waals surface area contributed by atoms with Crippen molar-refractivity contribution in [2.75, 3.05) is 44.6 Å². The molecule has 0 saturated carbocycles. The number of ether oxygens (including phenoxy) is 1. The standard InChI is InChI=1S/C15H21N3O3/c1-2-21-14-5-3-13(4-6-14)16-15(20)11-17-7-9-18(12-19)10-8-17/h3-6,12H,2,7-11H2,1H3,(H,16,20). The summed E-state index contributed by atoms with van der Waals surface area (Å²) >= 11 is 0. The lowest BCUT2D eigenvalue weighted by atomic mass is 10.3. The second kappa shape index (κ2) is 7.64. The van der Waals surface area contributed by atoms with Gasteiger partial charge in [-0.1, -0.05) is 0 Å². The number of amides is 2. The summed E-state index contributed by atoms with van der Waals surface area (Å²) < 4.78 is 5.35. The molecule has 2 amide bonds. The van der Waals surface area contributed by atoms with Crippen LogP contribution in [0, 0.1) is 0 Å². The molecule has 2 rings (SSSR count). The van der Waals surface area contributed by atoms with Gasteiger partial charge in [0, 0.05) is 31.9 Å². The molecule has 0 unspecified atom stereocenters. The molecule has 1 heterocycles. The molecule has 0 radical (unpaired) electrons. The minimum absolute atomic E-state index is 0.0429. The van der Waals surface area contributed by atoms with E-state index in [4.69, 9.17) is 4.74 Å². The Labute approximate surface area is 124 Å². The van der Waals surface area contributed by atoms with Crippen LogP contribution in [-0.4, -0.2) is 61.4 Å². The summed E-state index contributed by atoms with van der Waals surface area (Å²) in [5, 5.41) is 2.86. The Balaban J connectivity index is 1.77. The van der Waals surface area contributed by atoms with Gasteiger partial charge in [-0.2, -0.15) is 0 Å². The van der Waals surface area contributed by atoms with Gasteiger partial charge >= 0.3 is 0 Å². The van der Waals surface area contributed by atoms with Crippen LogP contribution >= 0.6 is 0 Å². The monoisotopic (exact) mass is 291 g/mol. The number of rotatable bonds is 6. The van der Waals surface area contributed by atoms with Crippen LogP contribution in [0.2, 0.25) is 0 Å². The Morgan fingerprint density at radius 1 is 1.24 bits per heavy atom. The van der Waals surface area contributed by atoms with E-state index in [0.717, 1.165) is 30.9 Å². The molecule has 1 fully saturated rings. The molecule has 21 heavy (non-hydrogen) atoms. The number of piperazine rings is 1. The minimum Gasteiger partial charge on any atom is -0.494 e. The number of nitrogens with one attached hydrogen (secondary N) is 1. The van der Waals surface area contributed by atoms with Crippen molar-refractivity contribution in [3.05, 3.63) is 24.3 Å². The number of nitrogens with zero attached hydrogens (tertiary/aromatic N) is 2. The first-order chi connectivity index (χ1) is 10.2. The fraction of sp³-hybridized carbons (Fsp3) is 0.467. The molecule has 1 N–H and O–H groups in total. The maximum atomic E-state index is 12.0. The summed E-state index contributed by atoms with van der Waals surface area (Å²) in [5.41, 5.74) is 0.759. The van der Waals surface area contributed by atoms with Crippen molar-refractivity contribution in [3.8, 4) is 5.75 Å². The van der Waals surface area contributed by atoms with Crippen LogP contribution < -0.4 is 10.1 Å². The van der Waals surface area contributed by atoms with E-state index in [9.17, 15) is 9.59 Å². The van der Waals surface area contributed by atoms with Crippen molar-refractivity contribution >= 4 is 18.0 Å². The number of hydrogen-bond donors (Lipinski definition) is 1. The van der Waals surface area contributed by atoms with E-state index in [-0.39, 0.29) is 5.91 Å². The summed E-state index contributed by atoms with van der Waals surface area (Å²) in [6.07, 6.45) is 0.858. The molecule has 1 aromatic rings. The first kappa shape index (κ1) is 15.3. The normalized spacial score (nSPS) is 15.6. The van der Waals surface area contributed by atoms with Gasteiger partial charge in [0.1, 0.15) is 5.75 Å². The lowest BCUT2D eigenvalue weighted by molar-refractivity contribution is -0.120. The molecule has 114 valence electrons. The van der Waals surface area contributed by atoms with Crippen molar-refractivity contribution in [2.45, 2.75) is 6.92 Å². The Hall–Kier alpha value is -2.08. The molecule has 0 bridgehead atoms. The fourth-order valence-corrected chi connectivity index (χ4v) is 2.23. The fourth-order valence-electron chi connectivity index (χ4n) is 2.23. The van der Waals surface area contributed by atoms with Crippen LogP contribution in [0.25, 0.3) is 0 Å². The third kappa shape index (κ3) is 4.75. The smallest absolute Gasteiger partial charge is 0.238 e. The quantitative estimate of drug-likeness (QED) is 0.788. The number of carbonyl (C=O) groups is 2. The van der Waals surface area contributed by atoms with E-state index in [0.29, 0.717) is 26.2 Å². The highest BCUT2D eigenvalue weighted by molar-refractivity contribution is 5.92. The summed E-state index contributed by atoms with van der Waals surface area (Å²) in [6.45, 7) is 5.73. The van der Waals surface area contributed by atoms with Crippen molar-refractivity contribution < 1.29 is 14.3 Å². The van der Waals surface area contributed by atoms with Gasteiger partial charge in [-0.3, -0.25) is 14.5 Å². The molecule has 0 spiro atoms. The molecule has 1 aliphatic rings. The lowest BCUT2D eigenvalue weighted by Gasteiger charge is -2.31. The average Bonchev–Trinajstić information content (AvgIpc) is 2.50. The molecule has 6 nitrogen and oxygen atoms in total. The van der Waals surface area contributed by atoms with E-state index >= 15 is 0 Å². The second-order valence-corrected chi connectivity index (χ2v) is 4.92. The summed E-state index contributed by atoms with van der Waals surface area (Å²) in [5.74, 6) is 0.749.